The van der Waals surface area contributed by atoms with Crippen LogP contribution in [0.1, 0.15) is 1.43 Å². The molecule has 0 rings (SSSR count). The first kappa shape index (κ1) is 10.2. The summed E-state index contributed by atoms with van der Waals surface area (Å²) in [7, 11) is 0. The van der Waals surface area contributed by atoms with Crippen LogP contribution in [0.4, 0.5) is 8.78 Å². The van der Waals surface area contributed by atoms with Crippen molar-refractivity contribution < 1.29 is 39.8 Å². The Morgan fingerprint density at radius 2 is 1.83 bits per heavy atom. The summed E-state index contributed by atoms with van der Waals surface area (Å²) < 4.78 is 21.2. The van der Waals surface area contributed by atoms with Gasteiger partial charge in [-0.05, 0) is 11.9 Å². The number of hydrogen-bond acceptors (Lipinski definition) is 2. The van der Waals surface area contributed by atoms with Gasteiger partial charge in [0.15, 0.2) is 0 Å². The van der Waals surface area contributed by atoms with Crippen molar-refractivity contribution in [3.8, 4) is 0 Å². The zero-order valence-electron chi connectivity index (χ0n) is 4.32. The molecule has 0 radical (unpaired) electrons. The van der Waals surface area contributed by atoms with Crippen LogP contribution in [0.25, 0.3) is 0 Å². The van der Waals surface area contributed by atoms with Crippen molar-refractivity contribution in [1.29, 1.82) is 0 Å². The van der Waals surface area contributed by atoms with Gasteiger partial charge < -0.3 is 1.43 Å². The average molecular weight is 123 g/mol. The third-order valence-corrected chi connectivity index (χ3v) is 0.309. The van der Waals surface area contributed by atoms with Gasteiger partial charge in [-0.3, -0.25) is 5.14 Å². The van der Waals surface area contributed by atoms with Gasteiger partial charge in [0.25, 0.3) is 5.76 Å². The molecule has 0 aliphatic heterocycles. The van der Waals surface area contributed by atoms with E-state index in [4.69, 9.17) is 0 Å². The molecule has 1 nitrogen and oxygen atoms in total. The van der Waals surface area contributed by atoms with E-state index in [1.165, 1.54) is 0 Å². The van der Waals surface area contributed by atoms with Gasteiger partial charge in [-0.15, -0.1) is 0 Å². The molecular formula is CH4F2NNaS. The van der Waals surface area contributed by atoms with Gasteiger partial charge in [-0.1, -0.05) is 0 Å². The molecule has 0 aromatic heterocycles. The number of hydrogen-bond donors (Lipinski definition) is 1. The molecule has 0 saturated carbocycles. The Morgan fingerprint density at radius 1 is 1.67 bits per heavy atom. The molecule has 0 aliphatic carbocycles. The van der Waals surface area contributed by atoms with Gasteiger partial charge >= 0.3 is 29.6 Å². The Morgan fingerprint density at radius 3 is 1.83 bits per heavy atom. The fourth-order valence-corrected chi connectivity index (χ4v) is 0. The SMILES string of the molecule is NSC(F)F.[H-].[Na+]. The number of alkyl halides is 2. The van der Waals surface area contributed by atoms with Crippen LogP contribution in [-0.2, 0) is 0 Å². The Labute approximate surface area is 62.6 Å². The van der Waals surface area contributed by atoms with Crippen molar-refractivity contribution in [1.82, 2.24) is 0 Å². The summed E-state index contributed by atoms with van der Waals surface area (Å²) in [5.74, 6) is -2.42. The zero-order valence-corrected chi connectivity index (χ0v) is 6.14. The van der Waals surface area contributed by atoms with Crippen LogP contribution in [0.3, 0.4) is 0 Å². The molecule has 34 valence electrons. The summed E-state index contributed by atoms with van der Waals surface area (Å²) in [6.45, 7) is 0. The third-order valence-electron chi connectivity index (χ3n) is 0.103. The Hall–Kier alpha value is 1.17. The summed E-state index contributed by atoms with van der Waals surface area (Å²) in [6.07, 6.45) is 0. The van der Waals surface area contributed by atoms with Gasteiger partial charge in [0.1, 0.15) is 0 Å². The summed E-state index contributed by atoms with van der Waals surface area (Å²) >= 11 is 0.0463. The predicted octanol–water partition coefficient (Wildman–Crippen LogP) is -2.07. The molecule has 0 saturated heterocycles. The quantitative estimate of drug-likeness (QED) is 0.320. The molecule has 5 heteroatoms. The van der Waals surface area contributed by atoms with Crippen LogP contribution in [0.5, 0.6) is 0 Å². The standard InChI is InChI=1S/CH3F2NS.Na.H/c2-1(3)5-4;;/h1H,4H2;;/q;+1;-1. The summed E-state index contributed by atoms with van der Waals surface area (Å²) in [4.78, 5) is 0. The van der Waals surface area contributed by atoms with E-state index in [-0.39, 0.29) is 42.9 Å². The molecule has 0 amide bonds. The molecule has 0 aliphatic rings. The summed E-state index contributed by atoms with van der Waals surface area (Å²) in [6, 6.07) is 0. The fourth-order valence-electron chi connectivity index (χ4n) is 0. The molecule has 0 bridgehead atoms. The van der Waals surface area contributed by atoms with E-state index in [1.54, 1.807) is 0 Å². The van der Waals surface area contributed by atoms with Crippen LogP contribution >= 0.6 is 11.9 Å². The van der Waals surface area contributed by atoms with E-state index >= 15 is 0 Å². The molecular weight excluding hydrogens is 119 g/mol. The Balaban J connectivity index is -0.0000000800. The molecule has 0 heterocycles. The van der Waals surface area contributed by atoms with Gasteiger partial charge in [0.2, 0.25) is 0 Å². The van der Waals surface area contributed by atoms with Gasteiger partial charge in [0.05, 0.1) is 0 Å². The van der Waals surface area contributed by atoms with E-state index in [0.29, 0.717) is 0 Å². The maximum Gasteiger partial charge on any atom is 1.00 e. The van der Waals surface area contributed by atoms with Crippen molar-refractivity contribution in [3.63, 3.8) is 0 Å². The second-order valence-corrected chi connectivity index (χ2v) is 1.03. The van der Waals surface area contributed by atoms with Crippen molar-refractivity contribution >= 4 is 11.9 Å². The minimum Gasteiger partial charge on any atom is -1.00 e. The monoisotopic (exact) mass is 123 g/mol. The van der Waals surface area contributed by atoms with Gasteiger partial charge in [-0.2, -0.15) is 8.78 Å². The normalized spacial score (nSPS) is 8.00. The van der Waals surface area contributed by atoms with Crippen molar-refractivity contribution in [2.45, 2.75) is 5.76 Å². The van der Waals surface area contributed by atoms with Crippen molar-refractivity contribution in [3.05, 3.63) is 0 Å². The van der Waals surface area contributed by atoms with Crippen molar-refractivity contribution in [2.75, 3.05) is 0 Å². The van der Waals surface area contributed by atoms with E-state index in [1.807, 2.05) is 0 Å². The first-order valence-electron chi connectivity index (χ1n) is 0.908. The average Bonchev–Trinajstić information content (AvgIpc) is 1.38. The second-order valence-electron chi connectivity index (χ2n) is 0.397. The molecule has 0 atom stereocenters. The Kier molecular flexibility index (Phi) is 10.5. The van der Waals surface area contributed by atoms with E-state index in [2.05, 4.69) is 5.14 Å². The minimum absolute atomic E-state index is 0. The molecule has 6 heavy (non-hydrogen) atoms. The topological polar surface area (TPSA) is 26.0 Å². The van der Waals surface area contributed by atoms with Crippen LogP contribution in [0.2, 0.25) is 0 Å². The number of nitrogens with two attached hydrogens (primary N) is 1. The fraction of sp³-hybridized carbons (Fsp3) is 1.00. The minimum atomic E-state index is -2.42. The maximum absolute atomic E-state index is 10.6. The molecule has 2 N–H and O–H groups in total. The van der Waals surface area contributed by atoms with Crippen LogP contribution in [0.15, 0.2) is 0 Å². The first-order chi connectivity index (χ1) is 2.27. The molecule has 0 unspecified atom stereocenters. The van der Waals surface area contributed by atoms with E-state index in [0.717, 1.165) is 0 Å². The first-order valence-corrected chi connectivity index (χ1v) is 1.85. The van der Waals surface area contributed by atoms with E-state index < -0.39 is 5.76 Å². The maximum atomic E-state index is 10.6. The number of rotatable bonds is 1. The van der Waals surface area contributed by atoms with E-state index in [9.17, 15) is 8.78 Å². The predicted molar refractivity (Wildman–Crippen MR) is 18.9 cm³/mol. The third kappa shape index (κ3) is 8.95. The van der Waals surface area contributed by atoms with Crippen LogP contribution < -0.4 is 34.7 Å². The smallest absolute Gasteiger partial charge is 1.00 e. The van der Waals surface area contributed by atoms with Gasteiger partial charge in [-0.25, -0.2) is 0 Å². The molecule has 0 spiro atoms. The molecule has 0 aromatic carbocycles. The van der Waals surface area contributed by atoms with Crippen molar-refractivity contribution in [2.24, 2.45) is 5.14 Å². The van der Waals surface area contributed by atoms with Crippen LogP contribution in [0, 0.1) is 0 Å². The second kappa shape index (κ2) is 6.17. The van der Waals surface area contributed by atoms with Crippen LogP contribution in [-0.4, -0.2) is 5.76 Å². The molecule has 0 aromatic rings. The zero-order chi connectivity index (χ0) is 4.28. The number of halogens is 2. The largest absolute Gasteiger partial charge is 1.00 e. The van der Waals surface area contributed by atoms with Gasteiger partial charge in [0, 0.05) is 0 Å². The Bertz CT molecular complexity index is 31.7. The molecule has 0 fully saturated rings. The summed E-state index contributed by atoms with van der Waals surface area (Å²) in [5, 5.41) is 4.34. The summed E-state index contributed by atoms with van der Waals surface area (Å²) in [5.41, 5.74) is 0.